The van der Waals surface area contributed by atoms with E-state index in [9.17, 15) is 4.79 Å². The first-order chi connectivity index (χ1) is 9.13. The molecule has 0 radical (unpaired) electrons. The molecule has 0 bridgehead atoms. The van der Waals surface area contributed by atoms with Gasteiger partial charge in [-0.2, -0.15) is 0 Å². The van der Waals surface area contributed by atoms with Crippen molar-refractivity contribution in [2.45, 2.75) is 6.54 Å². The number of hydrogen-bond acceptors (Lipinski definition) is 5. The molecule has 0 fully saturated rings. The standard InChI is InChI=1S/C12H12ClN3O3/c1-18-8-2-7(5-14)3-9(4-8)19-12-10(13)11(17)15-6-16-12/h2-4,6H,5,14H2,1H3,(H,15,16,17). The number of nitrogens with zero attached hydrogens (tertiary/aromatic N) is 1. The summed E-state index contributed by atoms with van der Waals surface area (Å²) in [5, 5.41) is -0.111. The first kappa shape index (κ1) is 13.4. The van der Waals surface area contributed by atoms with E-state index in [1.165, 1.54) is 13.4 Å². The van der Waals surface area contributed by atoms with Gasteiger partial charge in [0.15, 0.2) is 5.02 Å². The fraction of sp³-hybridized carbons (Fsp3) is 0.167. The number of hydrogen-bond donors (Lipinski definition) is 2. The number of nitrogens with one attached hydrogen (secondary N) is 1. The van der Waals surface area contributed by atoms with Crippen molar-refractivity contribution in [1.82, 2.24) is 9.97 Å². The van der Waals surface area contributed by atoms with E-state index in [2.05, 4.69) is 9.97 Å². The maximum absolute atomic E-state index is 11.3. The lowest BCUT2D eigenvalue weighted by molar-refractivity contribution is 0.406. The summed E-state index contributed by atoms with van der Waals surface area (Å²) in [4.78, 5) is 17.5. The smallest absolute Gasteiger partial charge is 0.273 e. The predicted molar refractivity (Wildman–Crippen MR) is 70.8 cm³/mol. The summed E-state index contributed by atoms with van der Waals surface area (Å²) in [6.45, 7) is 0.337. The summed E-state index contributed by atoms with van der Waals surface area (Å²) in [5.74, 6) is 1.07. The molecule has 6 nitrogen and oxygen atoms in total. The molecular weight excluding hydrogens is 270 g/mol. The number of ether oxygens (including phenoxy) is 2. The van der Waals surface area contributed by atoms with Crippen LogP contribution in [0.15, 0.2) is 29.3 Å². The normalized spacial score (nSPS) is 10.3. The van der Waals surface area contributed by atoms with Crippen molar-refractivity contribution in [1.29, 1.82) is 0 Å². The van der Waals surface area contributed by atoms with Crippen LogP contribution in [0.3, 0.4) is 0 Å². The molecule has 0 atom stereocenters. The van der Waals surface area contributed by atoms with E-state index in [0.717, 1.165) is 5.56 Å². The van der Waals surface area contributed by atoms with Crippen molar-refractivity contribution < 1.29 is 9.47 Å². The van der Waals surface area contributed by atoms with Gasteiger partial charge in [0.25, 0.3) is 5.56 Å². The molecule has 1 heterocycles. The number of nitrogens with two attached hydrogens (primary N) is 1. The lowest BCUT2D eigenvalue weighted by Crippen LogP contribution is -2.08. The Morgan fingerprint density at radius 1 is 1.37 bits per heavy atom. The molecule has 0 aliphatic heterocycles. The Morgan fingerprint density at radius 3 is 2.79 bits per heavy atom. The second-order valence-corrected chi connectivity index (χ2v) is 4.05. The van der Waals surface area contributed by atoms with Crippen molar-refractivity contribution >= 4 is 11.6 Å². The summed E-state index contributed by atoms with van der Waals surface area (Å²) in [5.41, 5.74) is 5.95. The first-order valence-corrected chi connectivity index (χ1v) is 5.81. The SMILES string of the molecule is COc1cc(CN)cc(Oc2nc[nH]c(=O)c2Cl)c1. The highest BCUT2D eigenvalue weighted by atomic mass is 35.5. The summed E-state index contributed by atoms with van der Waals surface area (Å²) in [6.07, 6.45) is 1.22. The number of methoxy groups -OCH3 is 1. The monoisotopic (exact) mass is 281 g/mol. The third kappa shape index (κ3) is 3.04. The molecule has 0 unspecified atom stereocenters. The Bertz CT molecular complexity index is 620. The van der Waals surface area contributed by atoms with E-state index in [1.807, 2.05) is 0 Å². The van der Waals surface area contributed by atoms with Crippen LogP contribution < -0.4 is 20.8 Å². The van der Waals surface area contributed by atoms with Gasteiger partial charge in [0, 0.05) is 12.6 Å². The predicted octanol–water partition coefficient (Wildman–Crippen LogP) is 1.68. The molecule has 0 aliphatic carbocycles. The highest BCUT2D eigenvalue weighted by Gasteiger charge is 2.09. The maximum atomic E-state index is 11.3. The largest absolute Gasteiger partial charge is 0.497 e. The van der Waals surface area contributed by atoms with Crippen molar-refractivity contribution in [2.24, 2.45) is 5.73 Å². The third-order valence-corrected chi connectivity index (χ3v) is 2.72. The summed E-state index contributed by atoms with van der Waals surface area (Å²) >= 11 is 5.80. The average Bonchev–Trinajstić information content (AvgIpc) is 2.43. The molecule has 0 amide bonds. The zero-order chi connectivity index (χ0) is 13.8. The van der Waals surface area contributed by atoms with Crippen LogP contribution in [-0.4, -0.2) is 17.1 Å². The lowest BCUT2D eigenvalue weighted by Gasteiger charge is -2.09. The van der Waals surface area contributed by atoms with Gasteiger partial charge in [-0.1, -0.05) is 11.6 Å². The van der Waals surface area contributed by atoms with E-state index < -0.39 is 5.56 Å². The minimum absolute atomic E-state index is 0.0293. The first-order valence-electron chi connectivity index (χ1n) is 5.43. The minimum Gasteiger partial charge on any atom is -0.497 e. The Morgan fingerprint density at radius 2 is 2.11 bits per heavy atom. The Labute approximate surface area is 114 Å². The van der Waals surface area contributed by atoms with E-state index in [-0.39, 0.29) is 10.9 Å². The van der Waals surface area contributed by atoms with Crippen molar-refractivity contribution in [3.05, 3.63) is 45.5 Å². The Hall–Kier alpha value is -2.05. The topological polar surface area (TPSA) is 90.2 Å². The van der Waals surface area contributed by atoms with Gasteiger partial charge in [-0.05, 0) is 17.7 Å². The van der Waals surface area contributed by atoms with Crippen LogP contribution in [0.1, 0.15) is 5.56 Å². The summed E-state index contributed by atoms with van der Waals surface area (Å²) in [7, 11) is 1.54. The third-order valence-electron chi connectivity index (χ3n) is 2.39. The molecule has 3 N–H and O–H groups in total. The zero-order valence-corrected chi connectivity index (χ0v) is 10.9. The molecule has 0 saturated carbocycles. The minimum atomic E-state index is -0.464. The van der Waals surface area contributed by atoms with Crippen LogP contribution in [-0.2, 0) is 6.54 Å². The van der Waals surface area contributed by atoms with Crippen LogP contribution in [0.4, 0.5) is 0 Å². The second kappa shape index (κ2) is 5.73. The van der Waals surface area contributed by atoms with Gasteiger partial charge in [-0.15, -0.1) is 0 Å². The summed E-state index contributed by atoms with van der Waals surface area (Å²) < 4.78 is 10.6. The molecular formula is C12H12ClN3O3. The van der Waals surface area contributed by atoms with Crippen molar-refractivity contribution in [3.63, 3.8) is 0 Å². The molecule has 0 spiro atoms. The quantitative estimate of drug-likeness (QED) is 0.890. The fourth-order valence-electron chi connectivity index (χ4n) is 1.47. The van der Waals surface area contributed by atoms with Crippen LogP contribution in [0, 0.1) is 0 Å². The van der Waals surface area contributed by atoms with E-state index in [1.54, 1.807) is 18.2 Å². The number of aromatic nitrogens is 2. The molecule has 1 aromatic heterocycles. The highest BCUT2D eigenvalue weighted by Crippen LogP contribution is 2.28. The number of benzene rings is 1. The average molecular weight is 282 g/mol. The van der Waals surface area contributed by atoms with Crippen molar-refractivity contribution in [2.75, 3.05) is 7.11 Å². The van der Waals surface area contributed by atoms with Crippen LogP contribution in [0.2, 0.25) is 5.02 Å². The zero-order valence-electron chi connectivity index (χ0n) is 10.1. The van der Waals surface area contributed by atoms with Gasteiger partial charge in [-0.3, -0.25) is 4.79 Å². The molecule has 2 rings (SSSR count). The van der Waals surface area contributed by atoms with Crippen LogP contribution in [0.25, 0.3) is 0 Å². The molecule has 0 saturated heterocycles. The molecule has 1 aromatic carbocycles. The number of H-pyrrole nitrogens is 1. The number of aromatic amines is 1. The van der Waals surface area contributed by atoms with Gasteiger partial charge in [0.05, 0.1) is 13.4 Å². The van der Waals surface area contributed by atoms with E-state index in [0.29, 0.717) is 18.0 Å². The summed E-state index contributed by atoms with van der Waals surface area (Å²) in [6, 6.07) is 5.17. The van der Waals surface area contributed by atoms with Gasteiger partial charge in [-0.25, -0.2) is 4.98 Å². The molecule has 7 heteroatoms. The van der Waals surface area contributed by atoms with E-state index >= 15 is 0 Å². The second-order valence-electron chi connectivity index (χ2n) is 3.67. The van der Waals surface area contributed by atoms with Gasteiger partial charge >= 0.3 is 0 Å². The fourth-order valence-corrected chi connectivity index (χ4v) is 1.62. The van der Waals surface area contributed by atoms with Gasteiger partial charge in [0.2, 0.25) is 5.88 Å². The molecule has 19 heavy (non-hydrogen) atoms. The Kier molecular flexibility index (Phi) is 4.03. The molecule has 2 aromatic rings. The van der Waals surface area contributed by atoms with Crippen molar-refractivity contribution in [3.8, 4) is 17.4 Å². The van der Waals surface area contributed by atoms with Crippen LogP contribution in [0.5, 0.6) is 17.4 Å². The van der Waals surface area contributed by atoms with Crippen LogP contribution >= 0.6 is 11.6 Å². The number of rotatable bonds is 4. The Balaban J connectivity index is 2.37. The molecule has 100 valence electrons. The van der Waals surface area contributed by atoms with Gasteiger partial charge in [0.1, 0.15) is 11.5 Å². The lowest BCUT2D eigenvalue weighted by atomic mass is 10.2. The maximum Gasteiger partial charge on any atom is 0.273 e. The number of halogens is 1. The van der Waals surface area contributed by atoms with E-state index in [4.69, 9.17) is 26.8 Å². The van der Waals surface area contributed by atoms with Gasteiger partial charge < -0.3 is 20.2 Å². The molecule has 0 aliphatic rings. The highest BCUT2D eigenvalue weighted by molar-refractivity contribution is 6.31.